The highest BCUT2D eigenvalue weighted by atomic mass is 15.2. The molecule has 0 radical (unpaired) electrons. The van der Waals surface area contributed by atoms with Crippen LogP contribution >= 0.6 is 0 Å². The van der Waals surface area contributed by atoms with Gasteiger partial charge < -0.3 is 0 Å². The standard InChI is InChI=1S/C16H22N2/c1-2-16(13-17)18-10-8-15(9-11-18)12-14-6-4-3-5-7-14/h3-7,15-16H,2,8-12H2,1H3. The Kier molecular flexibility index (Phi) is 4.78. The van der Waals surface area contributed by atoms with E-state index in [9.17, 15) is 0 Å². The fourth-order valence-electron chi connectivity index (χ4n) is 2.85. The van der Waals surface area contributed by atoms with Gasteiger partial charge in [0.05, 0.1) is 12.1 Å². The molecule has 1 aromatic carbocycles. The average Bonchev–Trinajstić information content (AvgIpc) is 2.43. The third-order valence-corrected chi connectivity index (χ3v) is 3.99. The van der Waals surface area contributed by atoms with Crippen LogP contribution in [0.3, 0.4) is 0 Å². The molecule has 0 saturated carbocycles. The van der Waals surface area contributed by atoms with Crippen LogP contribution in [0.2, 0.25) is 0 Å². The molecule has 1 fully saturated rings. The summed E-state index contributed by atoms with van der Waals surface area (Å²) in [5, 5.41) is 9.09. The van der Waals surface area contributed by atoms with E-state index in [1.54, 1.807) is 0 Å². The molecule has 1 aromatic rings. The highest BCUT2D eigenvalue weighted by Crippen LogP contribution is 2.23. The number of hydrogen-bond acceptors (Lipinski definition) is 2. The van der Waals surface area contributed by atoms with Crippen LogP contribution in [-0.4, -0.2) is 24.0 Å². The molecule has 2 nitrogen and oxygen atoms in total. The van der Waals surface area contributed by atoms with Crippen molar-refractivity contribution in [2.75, 3.05) is 13.1 Å². The number of rotatable bonds is 4. The fourth-order valence-corrected chi connectivity index (χ4v) is 2.85. The zero-order chi connectivity index (χ0) is 12.8. The van der Waals surface area contributed by atoms with Crippen molar-refractivity contribution in [1.29, 1.82) is 5.26 Å². The van der Waals surface area contributed by atoms with E-state index in [1.165, 1.54) is 24.8 Å². The van der Waals surface area contributed by atoms with Gasteiger partial charge in [-0.2, -0.15) is 5.26 Å². The third kappa shape index (κ3) is 3.34. The van der Waals surface area contributed by atoms with Crippen LogP contribution in [-0.2, 0) is 6.42 Å². The van der Waals surface area contributed by atoms with Gasteiger partial charge in [-0.3, -0.25) is 4.90 Å². The smallest absolute Gasteiger partial charge is 0.0975 e. The Bertz CT molecular complexity index is 385. The Labute approximate surface area is 110 Å². The van der Waals surface area contributed by atoms with Crippen molar-refractivity contribution < 1.29 is 0 Å². The van der Waals surface area contributed by atoms with Crippen molar-refractivity contribution in [3.05, 3.63) is 35.9 Å². The van der Waals surface area contributed by atoms with E-state index in [0.717, 1.165) is 25.4 Å². The van der Waals surface area contributed by atoms with E-state index in [-0.39, 0.29) is 6.04 Å². The lowest BCUT2D eigenvalue weighted by molar-refractivity contribution is 0.155. The SMILES string of the molecule is CCC(C#N)N1CCC(Cc2ccccc2)CC1. The number of nitriles is 1. The van der Waals surface area contributed by atoms with Gasteiger partial charge in [0.2, 0.25) is 0 Å². The Morgan fingerprint density at radius 1 is 1.28 bits per heavy atom. The number of benzene rings is 1. The lowest BCUT2D eigenvalue weighted by atomic mass is 9.89. The van der Waals surface area contributed by atoms with Gasteiger partial charge in [-0.05, 0) is 50.3 Å². The second-order valence-corrected chi connectivity index (χ2v) is 5.22. The molecule has 0 bridgehead atoms. The molecule has 1 saturated heterocycles. The minimum atomic E-state index is 0.127. The third-order valence-electron chi connectivity index (χ3n) is 3.99. The molecule has 1 aliphatic heterocycles. The van der Waals surface area contributed by atoms with Crippen LogP contribution in [0.5, 0.6) is 0 Å². The van der Waals surface area contributed by atoms with Crippen LogP contribution in [0.25, 0.3) is 0 Å². The fraction of sp³-hybridized carbons (Fsp3) is 0.562. The lowest BCUT2D eigenvalue weighted by Gasteiger charge is -2.34. The lowest BCUT2D eigenvalue weighted by Crippen LogP contribution is -2.40. The minimum absolute atomic E-state index is 0.127. The summed E-state index contributed by atoms with van der Waals surface area (Å²) in [7, 11) is 0. The molecular formula is C16H22N2. The first-order valence-corrected chi connectivity index (χ1v) is 7.01. The molecule has 0 N–H and O–H groups in total. The number of likely N-dealkylation sites (tertiary alicyclic amines) is 1. The topological polar surface area (TPSA) is 27.0 Å². The maximum absolute atomic E-state index is 9.09. The molecule has 1 unspecified atom stereocenters. The first-order valence-electron chi connectivity index (χ1n) is 7.01. The summed E-state index contributed by atoms with van der Waals surface area (Å²) in [5.41, 5.74) is 1.45. The molecule has 0 aliphatic carbocycles. The van der Waals surface area contributed by atoms with Gasteiger partial charge in [0, 0.05) is 0 Å². The van der Waals surface area contributed by atoms with Crippen molar-refractivity contribution in [3.63, 3.8) is 0 Å². The zero-order valence-corrected chi connectivity index (χ0v) is 11.2. The second-order valence-electron chi connectivity index (χ2n) is 5.22. The van der Waals surface area contributed by atoms with Crippen molar-refractivity contribution in [3.8, 4) is 6.07 Å². The van der Waals surface area contributed by atoms with Gasteiger partial charge >= 0.3 is 0 Å². The number of nitrogens with zero attached hydrogens (tertiary/aromatic N) is 2. The maximum Gasteiger partial charge on any atom is 0.0975 e. The van der Waals surface area contributed by atoms with Crippen LogP contribution in [0.15, 0.2) is 30.3 Å². The quantitative estimate of drug-likeness (QED) is 0.810. The molecular weight excluding hydrogens is 220 g/mol. The Morgan fingerprint density at radius 2 is 1.94 bits per heavy atom. The molecule has 2 heteroatoms. The Morgan fingerprint density at radius 3 is 2.50 bits per heavy atom. The summed E-state index contributed by atoms with van der Waals surface area (Å²) in [4.78, 5) is 2.35. The normalized spacial score (nSPS) is 19.3. The monoisotopic (exact) mass is 242 g/mol. The van der Waals surface area contributed by atoms with E-state index >= 15 is 0 Å². The van der Waals surface area contributed by atoms with Crippen molar-refractivity contribution in [1.82, 2.24) is 4.90 Å². The molecule has 96 valence electrons. The molecule has 0 amide bonds. The summed E-state index contributed by atoms with van der Waals surface area (Å²) in [6, 6.07) is 13.3. The Hall–Kier alpha value is -1.33. The number of piperidine rings is 1. The zero-order valence-electron chi connectivity index (χ0n) is 11.2. The van der Waals surface area contributed by atoms with Crippen LogP contribution in [0, 0.1) is 17.2 Å². The second kappa shape index (κ2) is 6.56. The minimum Gasteiger partial charge on any atom is -0.288 e. The predicted octanol–water partition coefficient (Wildman–Crippen LogP) is 3.24. The molecule has 0 aromatic heterocycles. The first kappa shape index (κ1) is 13.1. The molecule has 2 rings (SSSR count). The maximum atomic E-state index is 9.09. The highest BCUT2D eigenvalue weighted by Gasteiger charge is 2.23. The summed E-state index contributed by atoms with van der Waals surface area (Å²) in [5.74, 6) is 0.792. The molecule has 1 heterocycles. The largest absolute Gasteiger partial charge is 0.288 e. The van der Waals surface area contributed by atoms with Crippen molar-refractivity contribution in [2.24, 2.45) is 5.92 Å². The van der Waals surface area contributed by atoms with Gasteiger partial charge in [0.15, 0.2) is 0 Å². The van der Waals surface area contributed by atoms with Gasteiger partial charge in [-0.25, -0.2) is 0 Å². The molecule has 1 atom stereocenters. The van der Waals surface area contributed by atoms with E-state index in [4.69, 9.17) is 5.26 Å². The van der Waals surface area contributed by atoms with Crippen molar-refractivity contribution in [2.45, 2.75) is 38.6 Å². The van der Waals surface area contributed by atoms with E-state index < -0.39 is 0 Å². The summed E-state index contributed by atoms with van der Waals surface area (Å²) < 4.78 is 0. The van der Waals surface area contributed by atoms with Gasteiger partial charge in [0.25, 0.3) is 0 Å². The van der Waals surface area contributed by atoms with Gasteiger partial charge in [0.1, 0.15) is 0 Å². The van der Waals surface area contributed by atoms with E-state index in [2.05, 4.69) is 48.2 Å². The van der Waals surface area contributed by atoms with E-state index in [0.29, 0.717) is 0 Å². The highest BCUT2D eigenvalue weighted by molar-refractivity contribution is 5.15. The molecule has 1 aliphatic rings. The Balaban J connectivity index is 1.82. The van der Waals surface area contributed by atoms with E-state index in [1.807, 2.05) is 0 Å². The van der Waals surface area contributed by atoms with Gasteiger partial charge in [-0.15, -0.1) is 0 Å². The van der Waals surface area contributed by atoms with Crippen LogP contribution in [0.4, 0.5) is 0 Å². The van der Waals surface area contributed by atoms with Crippen LogP contribution in [0.1, 0.15) is 31.7 Å². The first-order chi connectivity index (χ1) is 8.83. The van der Waals surface area contributed by atoms with Crippen molar-refractivity contribution >= 4 is 0 Å². The molecule has 18 heavy (non-hydrogen) atoms. The predicted molar refractivity (Wildman–Crippen MR) is 74.1 cm³/mol. The van der Waals surface area contributed by atoms with Crippen LogP contribution < -0.4 is 0 Å². The van der Waals surface area contributed by atoms with Gasteiger partial charge in [-0.1, -0.05) is 37.3 Å². The summed E-state index contributed by atoms with van der Waals surface area (Å²) in [6.45, 7) is 4.27. The number of hydrogen-bond donors (Lipinski definition) is 0. The average molecular weight is 242 g/mol. The molecule has 0 spiro atoms. The summed E-state index contributed by atoms with van der Waals surface area (Å²) >= 11 is 0. The summed E-state index contributed by atoms with van der Waals surface area (Å²) in [6.07, 6.45) is 4.60.